The quantitative estimate of drug-likeness (QED) is 0.806. The Morgan fingerprint density at radius 3 is 2.61 bits per heavy atom. The molecule has 0 aliphatic heterocycles. The van der Waals surface area contributed by atoms with E-state index in [1.165, 1.54) is 12.8 Å². The Morgan fingerprint density at radius 2 is 2.00 bits per heavy atom. The minimum Gasteiger partial charge on any atom is -0.335 e. The van der Waals surface area contributed by atoms with Crippen molar-refractivity contribution >= 4 is 6.03 Å². The van der Waals surface area contributed by atoms with Crippen molar-refractivity contribution in [1.29, 1.82) is 0 Å². The van der Waals surface area contributed by atoms with Crippen molar-refractivity contribution in [3.05, 3.63) is 35.9 Å². The summed E-state index contributed by atoms with van der Waals surface area (Å²) in [4.78, 5) is 12.1. The van der Waals surface area contributed by atoms with Crippen molar-refractivity contribution in [3.8, 4) is 11.8 Å². The van der Waals surface area contributed by atoms with Crippen molar-refractivity contribution < 1.29 is 4.79 Å². The first-order valence-corrected chi connectivity index (χ1v) is 8.52. The van der Waals surface area contributed by atoms with Gasteiger partial charge in [-0.3, -0.25) is 0 Å². The van der Waals surface area contributed by atoms with E-state index < -0.39 is 0 Å². The van der Waals surface area contributed by atoms with E-state index >= 15 is 0 Å². The standard InChI is InChI=1S/C20H26N2O/c1-19(2)16-11-12-20(19,3)17(14-16)22-18(23)21-13-7-10-15-8-5-4-6-9-15/h4-6,8-9,16-17H,11-14H2,1-3H3,(H2,21,22,23). The number of hydrogen-bond donors (Lipinski definition) is 2. The monoisotopic (exact) mass is 310 g/mol. The summed E-state index contributed by atoms with van der Waals surface area (Å²) >= 11 is 0. The van der Waals surface area contributed by atoms with E-state index in [0.29, 0.717) is 12.0 Å². The average Bonchev–Trinajstić information content (AvgIpc) is 2.86. The van der Waals surface area contributed by atoms with Crippen LogP contribution in [0, 0.1) is 28.6 Å². The first-order valence-electron chi connectivity index (χ1n) is 8.52. The molecule has 0 spiro atoms. The molecule has 3 heteroatoms. The third-order valence-electron chi connectivity index (χ3n) is 6.44. The zero-order valence-corrected chi connectivity index (χ0v) is 14.3. The van der Waals surface area contributed by atoms with Gasteiger partial charge in [0, 0.05) is 11.6 Å². The van der Waals surface area contributed by atoms with Crippen LogP contribution in [0.25, 0.3) is 0 Å². The molecule has 2 bridgehead atoms. The molecule has 2 aliphatic rings. The zero-order chi connectivity index (χ0) is 16.5. The van der Waals surface area contributed by atoms with Crippen LogP contribution >= 0.6 is 0 Å². The molecule has 3 nitrogen and oxygen atoms in total. The second kappa shape index (κ2) is 5.92. The predicted octanol–water partition coefficient (Wildman–Crippen LogP) is 3.55. The summed E-state index contributed by atoms with van der Waals surface area (Å²) in [5.74, 6) is 6.78. The maximum atomic E-state index is 12.1. The molecule has 1 aromatic rings. The molecular weight excluding hydrogens is 284 g/mol. The number of nitrogens with one attached hydrogen (secondary N) is 2. The Bertz CT molecular complexity index is 641. The fourth-order valence-corrected chi connectivity index (χ4v) is 4.42. The summed E-state index contributed by atoms with van der Waals surface area (Å²) in [6.07, 6.45) is 3.61. The summed E-state index contributed by atoms with van der Waals surface area (Å²) < 4.78 is 0. The van der Waals surface area contributed by atoms with Crippen LogP contribution in [0.1, 0.15) is 45.6 Å². The molecule has 2 saturated carbocycles. The highest BCUT2D eigenvalue weighted by molar-refractivity contribution is 5.74. The van der Waals surface area contributed by atoms with E-state index in [4.69, 9.17) is 0 Å². The van der Waals surface area contributed by atoms with Gasteiger partial charge in [0.25, 0.3) is 0 Å². The number of carbonyl (C=O) groups excluding carboxylic acids is 1. The Hall–Kier alpha value is -1.95. The number of benzene rings is 1. The highest BCUT2D eigenvalue weighted by Crippen LogP contribution is 2.65. The van der Waals surface area contributed by atoms with Gasteiger partial charge in [-0.2, -0.15) is 0 Å². The normalized spacial score (nSPS) is 30.4. The third kappa shape index (κ3) is 2.83. The van der Waals surface area contributed by atoms with Crippen LogP contribution in [-0.4, -0.2) is 18.6 Å². The van der Waals surface area contributed by atoms with Crippen LogP contribution in [0.5, 0.6) is 0 Å². The fourth-order valence-electron chi connectivity index (χ4n) is 4.42. The lowest BCUT2D eigenvalue weighted by Crippen LogP contribution is -2.50. The number of fused-ring (bicyclic) bond motifs is 2. The minimum atomic E-state index is -0.0954. The molecule has 122 valence electrons. The Balaban J connectivity index is 1.51. The van der Waals surface area contributed by atoms with Crippen LogP contribution in [0.2, 0.25) is 0 Å². The Morgan fingerprint density at radius 1 is 1.26 bits per heavy atom. The molecule has 3 rings (SSSR count). The van der Waals surface area contributed by atoms with Crippen molar-refractivity contribution in [1.82, 2.24) is 10.6 Å². The molecule has 0 radical (unpaired) electrons. The Kier molecular flexibility index (Phi) is 4.10. The van der Waals surface area contributed by atoms with Crippen molar-refractivity contribution in [2.24, 2.45) is 16.7 Å². The third-order valence-corrected chi connectivity index (χ3v) is 6.44. The van der Waals surface area contributed by atoms with Crippen LogP contribution in [0.15, 0.2) is 30.3 Å². The van der Waals surface area contributed by atoms with Crippen molar-refractivity contribution in [2.75, 3.05) is 6.54 Å². The summed E-state index contributed by atoms with van der Waals surface area (Å²) in [6.45, 7) is 7.42. The Labute approximate surface area is 139 Å². The molecule has 23 heavy (non-hydrogen) atoms. The summed E-state index contributed by atoms with van der Waals surface area (Å²) in [5.41, 5.74) is 1.50. The highest BCUT2D eigenvalue weighted by Gasteiger charge is 2.61. The van der Waals surface area contributed by atoms with E-state index in [1.54, 1.807) is 0 Å². The summed E-state index contributed by atoms with van der Waals surface area (Å²) in [6, 6.07) is 9.99. The molecular formula is C20H26N2O. The second-order valence-electron chi connectivity index (χ2n) is 7.66. The van der Waals surface area contributed by atoms with Gasteiger partial charge in [-0.15, -0.1) is 0 Å². The van der Waals surface area contributed by atoms with Crippen LogP contribution in [0.3, 0.4) is 0 Å². The van der Waals surface area contributed by atoms with Crippen LogP contribution in [0.4, 0.5) is 4.79 Å². The number of amides is 2. The molecule has 3 atom stereocenters. The number of hydrogen-bond acceptors (Lipinski definition) is 1. The lowest BCUT2D eigenvalue weighted by atomic mass is 9.69. The highest BCUT2D eigenvalue weighted by atomic mass is 16.2. The van der Waals surface area contributed by atoms with Crippen molar-refractivity contribution in [3.63, 3.8) is 0 Å². The molecule has 0 heterocycles. The first-order chi connectivity index (χ1) is 10.9. The lowest BCUT2D eigenvalue weighted by molar-refractivity contribution is 0.123. The van der Waals surface area contributed by atoms with E-state index in [9.17, 15) is 4.79 Å². The molecule has 0 aromatic heterocycles. The second-order valence-corrected chi connectivity index (χ2v) is 7.66. The molecule has 0 saturated heterocycles. The van der Waals surface area contributed by atoms with Gasteiger partial charge in [-0.05, 0) is 48.1 Å². The topological polar surface area (TPSA) is 41.1 Å². The number of carbonyl (C=O) groups is 1. The zero-order valence-electron chi connectivity index (χ0n) is 14.3. The number of urea groups is 1. The fraction of sp³-hybridized carbons (Fsp3) is 0.550. The molecule has 2 fully saturated rings. The van der Waals surface area contributed by atoms with Gasteiger partial charge in [-0.1, -0.05) is 50.8 Å². The van der Waals surface area contributed by atoms with Gasteiger partial charge in [0.15, 0.2) is 0 Å². The molecule has 2 aliphatic carbocycles. The SMILES string of the molecule is CC1(C)C2CCC1(C)C(NC(=O)NCC#Cc1ccccc1)C2. The van der Waals surface area contributed by atoms with E-state index in [0.717, 1.165) is 17.9 Å². The summed E-state index contributed by atoms with van der Waals surface area (Å²) in [5, 5.41) is 6.05. The largest absolute Gasteiger partial charge is 0.335 e. The maximum Gasteiger partial charge on any atom is 0.315 e. The van der Waals surface area contributed by atoms with Gasteiger partial charge in [0.2, 0.25) is 0 Å². The smallest absolute Gasteiger partial charge is 0.315 e. The van der Waals surface area contributed by atoms with Gasteiger partial charge in [0.05, 0.1) is 6.54 Å². The number of rotatable bonds is 2. The van der Waals surface area contributed by atoms with Gasteiger partial charge in [-0.25, -0.2) is 4.79 Å². The maximum absolute atomic E-state index is 12.1. The van der Waals surface area contributed by atoms with Crippen LogP contribution in [-0.2, 0) is 0 Å². The lowest BCUT2D eigenvalue weighted by Gasteiger charge is -2.39. The van der Waals surface area contributed by atoms with Crippen LogP contribution < -0.4 is 10.6 Å². The molecule has 1 aromatic carbocycles. The summed E-state index contributed by atoms with van der Waals surface area (Å²) in [7, 11) is 0. The molecule has 2 amide bonds. The van der Waals surface area contributed by atoms with Gasteiger partial charge < -0.3 is 10.6 Å². The minimum absolute atomic E-state index is 0.0954. The molecule has 2 N–H and O–H groups in total. The van der Waals surface area contributed by atoms with Gasteiger partial charge >= 0.3 is 6.03 Å². The van der Waals surface area contributed by atoms with E-state index in [-0.39, 0.29) is 17.5 Å². The first kappa shape index (κ1) is 15.9. The average molecular weight is 310 g/mol. The van der Waals surface area contributed by atoms with E-state index in [2.05, 4.69) is 43.2 Å². The van der Waals surface area contributed by atoms with Gasteiger partial charge in [0.1, 0.15) is 0 Å². The molecule has 3 unspecified atom stereocenters. The predicted molar refractivity (Wildman–Crippen MR) is 92.9 cm³/mol. The van der Waals surface area contributed by atoms with Crippen molar-refractivity contribution in [2.45, 2.75) is 46.1 Å². The van der Waals surface area contributed by atoms with E-state index in [1.807, 2.05) is 30.3 Å².